The predicted octanol–water partition coefficient (Wildman–Crippen LogP) is 0.560. The van der Waals surface area contributed by atoms with E-state index in [1.807, 2.05) is 0 Å². The van der Waals surface area contributed by atoms with Gasteiger partial charge < -0.3 is 36.9 Å². The second kappa shape index (κ2) is 23.1. The van der Waals surface area contributed by atoms with E-state index in [0.717, 1.165) is 0 Å². The van der Waals surface area contributed by atoms with Crippen molar-refractivity contribution in [3.05, 3.63) is 0 Å². The highest BCUT2D eigenvalue weighted by molar-refractivity contribution is 5.93. The van der Waals surface area contributed by atoms with E-state index < -0.39 is 30.0 Å². The van der Waals surface area contributed by atoms with Gasteiger partial charge in [0.15, 0.2) is 11.6 Å². The van der Waals surface area contributed by atoms with Gasteiger partial charge in [-0.15, -0.1) is 0 Å². The van der Waals surface area contributed by atoms with E-state index in [1.165, 1.54) is 7.11 Å². The number of hydrogen-bond acceptors (Lipinski definition) is 10. The highest BCUT2D eigenvalue weighted by Crippen LogP contribution is 2.16. The van der Waals surface area contributed by atoms with Crippen molar-refractivity contribution < 1.29 is 43.2 Å². The zero-order valence-electron chi connectivity index (χ0n) is 23.5. The molecule has 0 saturated heterocycles. The summed E-state index contributed by atoms with van der Waals surface area (Å²) in [6, 6.07) is -1.58. The monoisotopic (exact) mass is 561 g/mol. The minimum Gasteiger partial charge on any atom is -0.447 e. The second-order valence-electron chi connectivity index (χ2n) is 9.26. The number of ether oxygens (including phenoxy) is 2. The van der Waals surface area contributed by atoms with Crippen molar-refractivity contribution in [1.29, 1.82) is 0 Å². The average Bonchev–Trinajstić information content (AvgIpc) is 2.89. The zero-order chi connectivity index (χ0) is 29.5. The van der Waals surface area contributed by atoms with Crippen LogP contribution in [0.4, 0.5) is 9.59 Å². The van der Waals surface area contributed by atoms with Crippen LogP contribution in [0.3, 0.4) is 0 Å². The normalized spacial score (nSPS) is 12.4. The Balaban J connectivity index is 4.95. The molecule has 0 aromatic rings. The van der Waals surface area contributed by atoms with Gasteiger partial charge in [0.2, 0.25) is 5.91 Å². The van der Waals surface area contributed by atoms with Crippen molar-refractivity contribution in [3.63, 3.8) is 0 Å². The van der Waals surface area contributed by atoms with Crippen LogP contribution >= 0.6 is 0 Å². The van der Waals surface area contributed by atoms with Crippen LogP contribution in [0.15, 0.2) is 0 Å². The van der Waals surface area contributed by atoms with Crippen LogP contribution in [-0.4, -0.2) is 88.8 Å². The Bertz CT molecular complexity index is 737. The maximum atomic E-state index is 13.1. The highest BCUT2D eigenvalue weighted by atomic mass is 17.2. The van der Waals surface area contributed by atoms with Crippen molar-refractivity contribution in [1.82, 2.24) is 16.0 Å². The number of amides is 4. The number of Topliss-reactive ketones (excluding diaryl/α,β-unsaturated/α-hetero) is 2. The molecule has 7 N–H and O–H groups in total. The van der Waals surface area contributed by atoms with E-state index in [4.69, 9.17) is 25.8 Å². The van der Waals surface area contributed by atoms with E-state index in [1.54, 1.807) is 13.8 Å². The molecular weight excluding hydrogens is 514 g/mol. The molecule has 0 bridgehead atoms. The molecule has 0 fully saturated rings. The minimum atomic E-state index is -0.884. The predicted molar refractivity (Wildman–Crippen MR) is 142 cm³/mol. The van der Waals surface area contributed by atoms with Gasteiger partial charge in [-0.25, -0.2) is 19.4 Å². The summed E-state index contributed by atoms with van der Waals surface area (Å²) in [7, 11) is 1.40. The van der Waals surface area contributed by atoms with Crippen molar-refractivity contribution in [2.45, 2.75) is 64.8 Å². The van der Waals surface area contributed by atoms with E-state index in [9.17, 15) is 24.0 Å². The molecule has 0 radical (unpaired) electrons. The Morgan fingerprint density at radius 1 is 0.897 bits per heavy atom. The van der Waals surface area contributed by atoms with Crippen molar-refractivity contribution in [2.24, 2.45) is 23.3 Å². The number of urea groups is 1. The number of carbonyl (C=O) groups excluding carboxylic acids is 5. The number of unbranched alkanes of at least 4 members (excludes halogenated alkanes) is 1. The number of rotatable bonds is 24. The fraction of sp³-hybridized carbons (Fsp3) is 0.800. The van der Waals surface area contributed by atoms with Gasteiger partial charge >= 0.3 is 12.1 Å². The lowest BCUT2D eigenvalue weighted by Gasteiger charge is -2.23. The number of nitrogens with one attached hydrogen (secondary N) is 3. The lowest BCUT2D eigenvalue weighted by Crippen LogP contribution is -2.46. The summed E-state index contributed by atoms with van der Waals surface area (Å²) < 4.78 is 10.4. The third kappa shape index (κ3) is 19.9. The summed E-state index contributed by atoms with van der Waals surface area (Å²) in [5, 5.41) is 7.62. The van der Waals surface area contributed by atoms with Crippen LogP contribution in [0.5, 0.6) is 0 Å². The van der Waals surface area contributed by atoms with Gasteiger partial charge in [-0.2, -0.15) is 0 Å². The largest absolute Gasteiger partial charge is 0.447 e. The van der Waals surface area contributed by atoms with Gasteiger partial charge in [-0.3, -0.25) is 14.4 Å². The van der Waals surface area contributed by atoms with Crippen LogP contribution in [0.25, 0.3) is 0 Å². The number of ketones is 2. The van der Waals surface area contributed by atoms with Gasteiger partial charge in [0, 0.05) is 31.9 Å². The lowest BCUT2D eigenvalue weighted by molar-refractivity contribution is -0.272. The summed E-state index contributed by atoms with van der Waals surface area (Å²) >= 11 is 0. The number of carbonyl (C=O) groups is 5. The quantitative estimate of drug-likeness (QED) is 0.0627. The molecule has 0 aliphatic rings. The summed E-state index contributed by atoms with van der Waals surface area (Å²) in [6.07, 6.45) is 1.87. The van der Waals surface area contributed by atoms with Crippen molar-refractivity contribution in [3.8, 4) is 0 Å². The zero-order valence-corrected chi connectivity index (χ0v) is 23.5. The minimum absolute atomic E-state index is 0.0146. The van der Waals surface area contributed by atoms with Gasteiger partial charge in [0.25, 0.3) is 0 Å². The summed E-state index contributed by atoms with van der Waals surface area (Å²) in [5.74, 6) is -2.01. The van der Waals surface area contributed by atoms with Crippen LogP contribution in [0.2, 0.25) is 0 Å². The molecule has 226 valence electrons. The van der Waals surface area contributed by atoms with E-state index in [-0.39, 0.29) is 63.1 Å². The van der Waals surface area contributed by atoms with Gasteiger partial charge in [0.1, 0.15) is 6.61 Å². The summed E-state index contributed by atoms with van der Waals surface area (Å²) in [5.41, 5.74) is 10.5. The van der Waals surface area contributed by atoms with E-state index >= 15 is 0 Å². The van der Waals surface area contributed by atoms with Gasteiger partial charge in [0.05, 0.1) is 32.9 Å². The number of alkyl carbamates (subject to hydrolysis) is 1. The molecule has 39 heavy (non-hydrogen) atoms. The molecule has 14 nitrogen and oxygen atoms in total. The number of nitrogens with two attached hydrogens (primary N) is 2. The molecular formula is C25H47N5O9. The first-order valence-corrected chi connectivity index (χ1v) is 13.3. The van der Waals surface area contributed by atoms with Gasteiger partial charge in [-0.1, -0.05) is 13.8 Å². The molecule has 14 heteroatoms. The van der Waals surface area contributed by atoms with E-state index in [0.29, 0.717) is 45.4 Å². The van der Waals surface area contributed by atoms with Crippen LogP contribution in [-0.2, 0) is 33.6 Å². The second-order valence-corrected chi connectivity index (χ2v) is 9.26. The summed E-state index contributed by atoms with van der Waals surface area (Å²) in [6.45, 7) is 5.13. The standard InChI is InChI=1S/C25H47N5O9/c1-18(2)22(30-25(35)38-15-14-37-12-7-10-26)21(32)16-19(8-6-11-28-24(27)34)23(33)29-17-20(31)9-4-5-13-39-36-3/h18-19,22H,4-17,26H2,1-3H3,(H,29,33)(H,30,35)(H3,27,28,34). The van der Waals surface area contributed by atoms with Crippen molar-refractivity contribution in [2.75, 3.05) is 53.2 Å². The lowest BCUT2D eigenvalue weighted by atomic mass is 9.89. The first-order chi connectivity index (χ1) is 18.6. The molecule has 2 unspecified atom stereocenters. The maximum Gasteiger partial charge on any atom is 0.407 e. The van der Waals surface area contributed by atoms with Crippen LogP contribution in [0.1, 0.15) is 58.8 Å². The first-order valence-electron chi connectivity index (χ1n) is 13.3. The Hall–Kier alpha value is -2.81. The third-order valence-electron chi connectivity index (χ3n) is 5.60. The molecule has 0 rings (SSSR count). The third-order valence-corrected chi connectivity index (χ3v) is 5.60. The molecule has 0 aromatic heterocycles. The molecule has 0 aromatic carbocycles. The Labute approximate surface area is 230 Å². The fourth-order valence-corrected chi connectivity index (χ4v) is 3.51. The smallest absolute Gasteiger partial charge is 0.407 e. The number of primary amides is 1. The average molecular weight is 562 g/mol. The first kappa shape index (κ1) is 36.2. The Morgan fingerprint density at radius 3 is 2.28 bits per heavy atom. The fourth-order valence-electron chi connectivity index (χ4n) is 3.51. The Morgan fingerprint density at radius 2 is 1.64 bits per heavy atom. The molecule has 0 spiro atoms. The molecule has 0 aliphatic heterocycles. The van der Waals surface area contributed by atoms with Crippen LogP contribution < -0.4 is 27.4 Å². The molecule has 2 atom stereocenters. The van der Waals surface area contributed by atoms with Crippen LogP contribution in [0, 0.1) is 11.8 Å². The van der Waals surface area contributed by atoms with E-state index in [2.05, 4.69) is 20.8 Å². The molecule has 0 saturated carbocycles. The summed E-state index contributed by atoms with van der Waals surface area (Å²) in [4.78, 5) is 70.6. The maximum absolute atomic E-state index is 13.1. The highest BCUT2D eigenvalue weighted by Gasteiger charge is 2.30. The van der Waals surface area contributed by atoms with Crippen molar-refractivity contribution >= 4 is 29.6 Å². The number of hydrogen-bond donors (Lipinski definition) is 5. The molecule has 0 aliphatic carbocycles. The Kier molecular flexibility index (Phi) is 21.4. The topological polar surface area (TPSA) is 210 Å². The van der Waals surface area contributed by atoms with Gasteiger partial charge in [-0.05, 0) is 44.6 Å². The molecule has 4 amide bonds. The SMILES string of the molecule is COOCCCCC(=O)CNC(=O)C(CCCNC(N)=O)CC(=O)C(NC(=O)OCCOCCCN)C(C)C. The molecule has 0 heterocycles.